The van der Waals surface area contributed by atoms with Crippen molar-refractivity contribution < 1.29 is 9.53 Å². The van der Waals surface area contributed by atoms with Crippen LogP contribution in [0.25, 0.3) is 0 Å². The van der Waals surface area contributed by atoms with Crippen LogP contribution in [0.1, 0.15) is 26.7 Å². The number of nitrogens with zero attached hydrogens (tertiary/aromatic N) is 1. The van der Waals surface area contributed by atoms with Crippen molar-refractivity contribution in [2.24, 2.45) is 5.92 Å². The third-order valence-corrected chi connectivity index (χ3v) is 2.59. The van der Waals surface area contributed by atoms with Gasteiger partial charge in [0.05, 0.1) is 6.54 Å². The molecule has 3 heteroatoms. The van der Waals surface area contributed by atoms with Gasteiger partial charge in [0.25, 0.3) is 0 Å². The summed E-state index contributed by atoms with van der Waals surface area (Å²) in [7, 11) is 0. The first kappa shape index (κ1) is 7.90. The maximum atomic E-state index is 11.3. The third kappa shape index (κ3) is 1.28. The average Bonchev–Trinajstić information content (AvgIpc) is 2.75. The molecule has 1 heterocycles. The Bertz CT molecular complexity index is 199. The first-order valence-corrected chi connectivity index (χ1v) is 4.65. The van der Waals surface area contributed by atoms with Crippen LogP contribution in [0.3, 0.4) is 0 Å². The summed E-state index contributed by atoms with van der Waals surface area (Å²) in [4.78, 5) is 13.2. The summed E-state index contributed by atoms with van der Waals surface area (Å²) in [6, 6.07) is 0.501. The van der Waals surface area contributed by atoms with E-state index in [9.17, 15) is 4.79 Å². The molecule has 0 aromatic heterocycles. The van der Waals surface area contributed by atoms with Crippen molar-refractivity contribution in [1.29, 1.82) is 0 Å². The van der Waals surface area contributed by atoms with Crippen LogP contribution in [0.2, 0.25) is 0 Å². The highest BCUT2D eigenvalue weighted by Gasteiger charge is 2.41. The highest BCUT2D eigenvalue weighted by molar-refractivity contribution is 5.70. The van der Waals surface area contributed by atoms with Crippen molar-refractivity contribution in [2.75, 3.05) is 6.54 Å². The molecular formula is C9H15NO2. The molecule has 1 unspecified atom stereocenters. The number of amides is 1. The number of ether oxygens (including phenoxy) is 1. The van der Waals surface area contributed by atoms with Crippen molar-refractivity contribution in [3.63, 3.8) is 0 Å². The molecule has 0 radical (unpaired) electrons. The van der Waals surface area contributed by atoms with Crippen molar-refractivity contribution in [3.8, 4) is 0 Å². The maximum Gasteiger partial charge on any atom is 0.410 e. The Hall–Kier alpha value is -0.730. The van der Waals surface area contributed by atoms with E-state index in [1.807, 2.05) is 4.90 Å². The van der Waals surface area contributed by atoms with Crippen molar-refractivity contribution in [2.45, 2.75) is 38.8 Å². The van der Waals surface area contributed by atoms with Crippen LogP contribution < -0.4 is 0 Å². The molecule has 1 saturated carbocycles. The smallest absolute Gasteiger partial charge is 0.410 e. The van der Waals surface area contributed by atoms with Gasteiger partial charge in [0.1, 0.15) is 6.10 Å². The minimum atomic E-state index is -0.101. The van der Waals surface area contributed by atoms with Crippen LogP contribution in [0.5, 0.6) is 0 Å². The Morgan fingerprint density at radius 1 is 1.50 bits per heavy atom. The average molecular weight is 169 g/mol. The molecule has 2 fully saturated rings. The summed E-state index contributed by atoms with van der Waals surface area (Å²) in [5.41, 5.74) is 0. The summed E-state index contributed by atoms with van der Waals surface area (Å²) >= 11 is 0. The third-order valence-electron chi connectivity index (χ3n) is 2.59. The van der Waals surface area contributed by atoms with Crippen LogP contribution >= 0.6 is 0 Å². The van der Waals surface area contributed by atoms with E-state index in [1.165, 1.54) is 12.8 Å². The fourth-order valence-corrected chi connectivity index (χ4v) is 1.53. The lowest BCUT2D eigenvalue weighted by atomic mass is 10.1. The Morgan fingerprint density at radius 2 is 2.17 bits per heavy atom. The highest BCUT2D eigenvalue weighted by Crippen LogP contribution is 2.31. The van der Waals surface area contributed by atoms with Gasteiger partial charge in [-0.05, 0) is 18.8 Å². The highest BCUT2D eigenvalue weighted by atomic mass is 16.6. The number of carbonyl (C=O) groups excluding carboxylic acids is 1. The summed E-state index contributed by atoms with van der Waals surface area (Å²) in [6.07, 6.45) is 2.36. The van der Waals surface area contributed by atoms with E-state index in [0.717, 1.165) is 6.54 Å². The summed E-state index contributed by atoms with van der Waals surface area (Å²) in [5, 5.41) is 0. The molecule has 0 aromatic carbocycles. The van der Waals surface area contributed by atoms with Crippen LogP contribution in [0, 0.1) is 5.92 Å². The van der Waals surface area contributed by atoms with Gasteiger partial charge in [0.2, 0.25) is 0 Å². The Kier molecular flexibility index (Phi) is 1.74. The molecule has 1 aliphatic carbocycles. The first-order valence-electron chi connectivity index (χ1n) is 4.65. The lowest BCUT2D eigenvalue weighted by molar-refractivity contribution is 0.112. The molecule has 2 aliphatic rings. The molecule has 1 amide bonds. The van der Waals surface area contributed by atoms with Crippen LogP contribution in [-0.4, -0.2) is 29.7 Å². The van der Waals surface area contributed by atoms with Gasteiger partial charge in [-0.15, -0.1) is 0 Å². The lowest BCUT2D eigenvalue weighted by Gasteiger charge is -2.12. The molecule has 0 spiro atoms. The molecule has 2 rings (SSSR count). The molecule has 12 heavy (non-hydrogen) atoms. The van der Waals surface area contributed by atoms with Gasteiger partial charge in [-0.2, -0.15) is 0 Å². The number of hydrogen-bond donors (Lipinski definition) is 0. The standard InChI is InChI=1S/C9H15NO2/c1-6(2)8-5-10(7-3-4-7)9(11)12-8/h6-8H,3-5H2,1-2H3. The van der Waals surface area contributed by atoms with Gasteiger partial charge in [0.15, 0.2) is 0 Å². The van der Waals surface area contributed by atoms with Crippen LogP contribution in [0.15, 0.2) is 0 Å². The lowest BCUT2D eigenvalue weighted by Crippen LogP contribution is -2.28. The number of hydrogen-bond acceptors (Lipinski definition) is 2. The first-order chi connectivity index (χ1) is 5.68. The molecule has 0 N–H and O–H groups in total. The summed E-state index contributed by atoms with van der Waals surface area (Å²) in [6.45, 7) is 4.99. The molecular weight excluding hydrogens is 154 g/mol. The second kappa shape index (κ2) is 2.64. The topological polar surface area (TPSA) is 29.5 Å². The van der Waals surface area contributed by atoms with Crippen molar-refractivity contribution >= 4 is 6.09 Å². The zero-order valence-corrected chi connectivity index (χ0v) is 7.62. The maximum absolute atomic E-state index is 11.3. The zero-order valence-electron chi connectivity index (χ0n) is 7.62. The molecule has 1 aliphatic heterocycles. The predicted molar refractivity (Wildman–Crippen MR) is 44.8 cm³/mol. The molecule has 0 aromatic rings. The van der Waals surface area contributed by atoms with Gasteiger partial charge in [-0.25, -0.2) is 4.79 Å². The fourth-order valence-electron chi connectivity index (χ4n) is 1.53. The molecule has 1 atom stereocenters. The van der Waals surface area contributed by atoms with Crippen molar-refractivity contribution in [1.82, 2.24) is 4.90 Å². The Labute approximate surface area is 72.7 Å². The normalized spacial score (nSPS) is 29.8. The van der Waals surface area contributed by atoms with Crippen LogP contribution in [0.4, 0.5) is 4.79 Å². The van der Waals surface area contributed by atoms with Crippen LogP contribution in [-0.2, 0) is 4.74 Å². The second-order valence-corrected chi connectivity index (χ2v) is 4.05. The van der Waals surface area contributed by atoms with E-state index >= 15 is 0 Å². The molecule has 3 nitrogen and oxygen atoms in total. The zero-order chi connectivity index (χ0) is 8.72. The monoisotopic (exact) mass is 169 g/mol. The largest absolute Gasteiger partial charge is 0.444 e. The number of cyclic esters (lactones) is 1. The quantitative estimate of drug-likeness (QED) is 0.628. The van der Waals surface area contributed by atoms with Gasteiger partial charge in [-0.3, -0.25) is 0 Å². The number of rotatable bonds is 2. The van der Waals surface area contributed by atoms with Gasteiger partial charge in [0, 0.05) is 6.04 Å². The second-order valence-electron chi connectivity index (χ2n) is 4.05. The van der Waals surface area contributed by atoms with Gasteiger partial charge < -0.3 is 9.64 Å². The van der Waals surface area contributed by atoms with Gasteiger partial charge >= 0.3 is 6.09 Å². The summed E-state index contributed by atoms with van der Waals surface area (Å²) < 4.78 is 5.22. The van der Waals surface area contributed by atoms with Crippen molar-refractivity contribution in [3.05, 3.63) is 0 Å². The Balaban J connectivity index is 1.97. The predicted octanol–water partition coefficient (Wildman–Crippen LogP) is 1.63. The van der Waals surface area contributed by atoms with E-state index in [0.29, 0.717) is 12.0 Å². The van der Waals surface area contributed by atoms with E-state index < -0.39 is 0 Å². The minimum Gasteiger partial charge on any atom is -0.444 e. The molecule has 68 valence electrons. The SMILES string of the molecule is CC(C)C1CN(C2CC2)C(=O)O1. The fraction of sp³-hybridized carbons (Fsp3) is 0.889. The van der Waals surface area contributed by atoms with E-state index in [-0.39, 0.29) is 12.2 Å². The van der Waals surface area contributed by atoms with E-state index in [1.54, 1.807) is 0 Å². The minimum absolute atomic E-state index is 0.101. The van der Waals surface area contributed by atoms with E-state index in [2.05, 4.69) is 13.8 Å². The number of carbonyl (C=O) groups is 1. The van der Waals surface area contributed by atoms with E-state index in [4.69, 9.17) is 4.74 Å². The summed E-state index contributed by atoms with van der Waals surface area (Å²) in [5.74, 6) is 0.442. The Morgan fingerprint density at radius 3 is 2.58 bits per heavy atom. The molecule has 1 saturated heterocycles. The van der Waals surface area contributed by atoms with Gasteiger partial charge in [-0.1, -0.05) is 13.8 Å². The molecule has 0 bridgehead atoms.